The smallest absolute Gasteiger partial charge is 0.321 e. The quantitative estimate of drug-likeness (QED) is 0.733. The number of aliphatic hydroxyl groups excluding tert-OH is 1. The lowest BCUT2D eigenvalue weighted by Crippen LogP contribution is -2.35. The van der Waals surface area contributed by atoms with Crippen LogP contribution < -0.4 is 0 Å². The van der Waals surface area contributed by atoms with E-state index in [0.717, 1.165) is 6.42 Å². The molecule has 0 saturated heterocycles. The Balaban J connectivity index is 2.55. The first kappa shape index (κ1) is 12.8. The zero-order valence-electron chi connectivity index (χ0n) is 9.82. The predicted octanol–water partition coefficient (Wildman–Crippen LogP) is 1.69. The third kappa shape index (κ3) is 2.88. The van der Waals surface area contributed by atoms with E-state index in [1.54, 1.807) is 6.92 Å². The van der Waals surface area contributed by atoms with E-state index in [2.05, 4.69) is 13.8 Å². The molecule has 15 heavy (non-hydrogen) atoms. The lowest BCUT2D eigenvalue weighted by atomic mass is 10.0. The summed E-state index contributed by atoms with van der Waals surface area (Å²) in [6.07, 6.45) is 2.25. The number of thioether (sulfide) groups is 1. The molecule has 0 spiro atoms. The zero-order chi connectivity index (χ0) is 11.6. The highest BCUT2D eigenvalue weighted by Crippen LogP contribution is 2.54. The van der Waals surface area contributed by atoms with Crippen molar-refractivity contribution >= 4 is 17.7 Å². The summed E-state index contributed by atoms with van der Waals surface area (Å²) in [7, 11) is 0. The monoisotopic (exact) mass is 232 g/mol. The van der Waals surface area contributed by atoms with E-state index in [1.807, 2.05) is 6.26 Å². The summed E-state index contributed by atoms with van der Waals surface area (Å²) in [4.78, 5) is 11.6. The molecule has 3 atom stereocenters. The van der Waals surface area contributed by atoms with Crippen LogP contribution >= 0.6 is 11.8 Å². The van der Waals surface area contributed by atoms with E-state index in [-0.39, 0.29) is 17.3 Å². The number of rotatable bonds is 5. The molecule has 0 aliphatic heterocycles. The van der Waals surface area contributed by atoms with Crippen LogP contribution in [0.3, 0.4) is 0 Å². The van der Waals surface area contributed by atoms with Crippen molar-refractivity contribution in [2.75, 3.05) is 12.9 Å². The molecule has 0 radical (unpaired) electrons. The summed E-state index contributed by atoms with van der Waals surface area (Å²) in [5.41, 5.74) is 0.180. The Hall–Kier alpha value is -0.220. The topological polar surface area (TPSA) is 46.5 Å². The third-order valence-electron chi connectivity index (χ3n) is 3.08. The SMILES string of the molecule is CCOC(=O)C(SC)C(O)C1CC1(C)C. The highest BCUT2D eigenvalue weighted by Gasteiger charge is 2.53. The highest BCUT2D eigenvalue weighted by molar-refractivity contribution is 7.99. The van der Waals surface area contributed by atoms with Gasteiger partial charge in [0.05, 0.1) is 12.7 Å². The molecule has 1 rings (SSSR count). The van der Waals surface area contributed by atoms with Gasteiger partial charge in [0, 0.05) is 0 Å². The molecule has 3 unspecified atom stereocenters. The predicted molar refractivity (Wildman–Crippen MR) is 61.8 cm³/mol. The summed E-state index contributed by atoms with van der Waals surface area (Å²) in [5, 5.41) is 9.63. The largest absolute Gasteiger partial charge is 0.465 e. The third-order valence-corrected chi connectivity index (χ3v) is 4.06. The van der Waals surface area contributed by atoms with E-state index < -0.39 is 11.4 Å². The number of hydrogen-bond donors (Lipinski definition) is 1. The van der Waals surface area contributed by atoms with Crippen LogP contribution in [0.5, 0.6) is 0 Å². The van der Waals surface area contributed by atoms with Gasteiger partial charge in [-0.25, -0.2) is 0 Å². The number of esters is 1. The first-order chi connectivity index (χ1) is 6.94. The Morgan fingerprint density at radius 2 is 2.20 bits per heavy atom. The molecule has 1 N–H and O–H groups in total. The van der Waals surface area contributed by atoms with Gasteiger partial charge in [-0.05, 0) is 30.9 Å². The number of aliphatic hydroxyl groups is 1. The van der Waals surface area contributed by atoms with Crippen LogP contribution in [0.15, 0.2) is 0 Å². The van der Waals surface area contributed by atoms with Crippen molar-refractivity contribution in [3.05, 3.63) is 0 Å². The van der Waals surface area contributed by atoms with E-state index >= 15 is 0 Å². The molecule has 0 bridgehead atoms. The number of hydrogen-bond acceptors (Lipinski definition) is 4. The molecule has 1 saturated carbocycles. The van der Waals surface area contributed by atoms with Gasteiger partial charge in [-0.15, -0.1) is 11.8 Å². The molecule has 1 aliphatic rings. The summed E-state index contributed by atoms with van der Waals surface area (Å²) < 4.78 is 4.94. The van der Waals surface area contributed by atoms with Crippen LogP contribution in [0.25, 0.3) is 0 Å². The van der Waals surface area contributed by atoms with Gasteiger partial charge in [-0.3, -0.25) is 4.79 Å². The van der Waals surface area contributed by atoms with Crippen molar-refractivity contribution in [3.63, 3.8) is 0 Å². The summed E-state index contributed by atoms with van der Waals surface area (Å²) in [6, 6.07) is 0. The maximum Gasteiger partial charge on any atom is 0.321 e. The van der Waals surface area contributed by atoms with Gasteiger partial charge in [0.1, 0.15) is 5.25 Å². The summed E-state index contributed by atoms with van der Waals surface area (Å²) >= 11 is 1.37. The van der Waals surface area contributed by atoms with Crippen LogP contribution in [0, 0.1) is 11.3 Å². The molecule has 1 fully saturated rings. The van der Waals surface area contributed by atoms with Gasteiger partial charge in [0.15, 0.2) is 0 Å². The molecular formula is C11H20O3S. The fraction of sp³-hybridized carbons (Fsp3) is 0.909. The van der Waals surface area contributed by atoms with Crippen molar-refractivity contribution in [2.24, 2.45) is 11.3 Å². The highest BCUT2D eigenvalue weighted by atomic mass is 32.2. The molecule has 88 valence electrons. The normalized spacial score (nSPS) is 26.9. The number of ether oxygens (including phenoxy) is 1. The average Bonchev–Trinajstić information content (AvgIpc) is 2.76. The minimum Gasteiger partial charge on any atom is -0.465 e. The Bertz CT molecular complexity index is 240. The van der Waals surface area contributed by atoms with Gasteiger partial charge in [0.2, 0.25) is 0 Å². The number of carbonyl (C=O) groups is 1. The fourth-order valence-corrected chi connectivity index (χ4v) is 2.63. The molecule has 0 amide bonds. The zero-order valence-corrected chi connectivity index (χ0v) is 10.6. The Morgan fingerprint density at radius 1 is 1.67 bits per heavy atom. The van der Waals surface area contributed by atoms with Gasteiger partial charge < -0.3 is 9.84 Å². The van der Waals surface area contributed by atoms with Crippen LogP contribution in [-0.2, 0) is 9.53 Å². The van der Waals surface area contributed by atoms with Gasteiger partial charge in [0.25, 0.3) is 0 Å². The lowest BCUT2D eigenvalue weighted by molar-refractivity contribution is -0.144. The molecule has 0 aromatic rings. The lowest BCUT2D eigenvalue weighted by Gasteiger charge is -2.20. The van der Waals surface area contributed by atoms with Crippen LogP contribution in [0.1, 0.15) is 27.2 Å². The van der Waals surface area contributed by atoms with Crippen molar-refractivity contribution in [3.8, 4) is 0 Å². The molecule has 4 heteroatoms. The van der Waals surface area contributed by atoms with Crippen molar-refractivity contribution < 1.29 is 14.6 Å². The van der Waals surface area contributed by atoms with E-state index in [9.17, 15) is 9.90 Å². The van der Waals surface area contributed by atoms with Crippen LogP contribution in [0.4, 0.5) is 0 Å². The second kappa shape index (κ2) is 4.74. The fourth-order valence-electron chi connectivity index (χ4n) is 1.90. The van der Waals surface area contributed by atoms with E-state index in [1.165, 1.54) is 11.8 Å². The maximum atomic E-state index is 11.6. The first-order valence-electron chi connectivity index (χ1n) is 5.31. The molecular weight excluding hydrogens is 212 g/mol. The second-order valence-corrected chi connectivity index (χ2v) is 5.68. The van der Waals surface area contributed by atoms with Gasteiger partial charge in [-0.1, -0.05) is 13.8 Å². The standard InChI is InChI=1S/C11H20O3S/c1-5-14-10(13)9(15-4)8(12)7-6-11(7,2)3/h7-9,12H,5-6H2,1-4H3. The van der Waals surface area contributed by atoms with E-state index in [4.69, 9.17) is 4.74 Å². The Morgan fingerprint density at radius 3 is 2.53 bits per heavy atom. The summed E-state index contributed by atoms with van der Waals surface area (Å²) in [5.74, 6) is -0.0560. The van der Waals surface area contributed by atoms with Crippen molar-refractivity contribution in [1.82, 2.24) is 0 Å². The molecule has 0 heterocycles. The molecule has 0 aromatic carbocycles. The maximum absolute atomic E-state index is 11.6. The van der Waals surface area contributed by atoms with Gasteiger partial charge in [-0.2, -0.15) is 0 Å². The first-order valence-corrected chi connectivity index (χ1v) is 6.60. The molecule has 0 aromatic heterocycles. The minimum atomic E-state index is -0.575. The van der Waals surface area contributed by atoms with Crippen LogP contribution in [-0.4, -0.2) is 35.3 Å². The van der Waals surface area contributed by atoms with Gasteiger partial charge >= 0.3 is 5.97 Å². The molecule has 3 nitrogen and oxygen atoms in total. The minimum absolute atomic E-state index is 0.180. The molecule has 1 aliphatic carbocycles. The Labute approximate surface area is 95.6 Å². The van der Waals surface area contributed by atoms with Crippen molar-refractivity contribution in [1.29, 1.82) is 0 Å². The Kier molecular flexibility index (Phi) is 4.06. The second-order valence-electron chi connectivity index (χ2n) is 4.70. The summed E-state index contributed by atoms with van der Waals surface area (Å²) in [6.45, 7) is 6.38. The van der Waals surface area contributed by atoms with Crippen molar-refractivity contribution in [2.45, 2.75) is 38.5 Å². The number of carbonyl (C=O) groups excluding carboxylic acids is 1. The average molecular weight is 232 g/mol. The van der Waals surface area contributed by atoms with E-state index in [0.29, 0.717) is 6.61 Å². The van der Waals surface area contributed by atoms with Crippen LogP contribution in [0.2, 0.25) is 0 Å².